The summed E-state index contributed by atoms with van der Waals surface area (Å²) >= 11 is 0. The molecule has 10 nitrogen and oxygen atoms in total. The van der Waals surface area contributed by atoms with Crippen molar-refractivity contribution in [3.8, 4) is 22.9 Å². The number of methoxy groups -OCH3 is 1. The van der Waals surface area contributed by atoms with Crippen LogP contribution in [0, 0.1) is 17.5 Å². The van der Waals surface area contributed by atoms with Gasteiger partial charge in [0.15, 0.2) is 9.92 Å². The Morgan fingerprint density at radius 3 is 2.97 bits per heavy atom. The number of carbonyl (C=O) groups excluding carboxylic acids is 1. The Morgan fingerprint density at radius 1 is 1.38 bits per heavy atom. The number of benzene rings is 1. The first kappa shape index (κ1) is 21.6. The highest BCUT2D eigenvalue weighted by Crippen LogP contribution is 2.33. The molecule has 0 bridgehead atoms. The fourth-order valence-electron chi connectivity index (χ4n) is 3.39. The summed E-state index contributed by atoms with van der Waals surface area (Å²) in [6.45, 7) is 2.61. The Hall–Kier alpha value is -3.67. The zero-order valence-corrected chi connectivity index (χ0v) is 18.2. The van der Waals surface area contributed by atoms with E-state index in [9.17, 15) is 13.4 Å². The number of urea groups is 1. The highest BCUT2D eigenvalue weighted by Gasteiger charge is 2.26. The number of amides is 2. The Morgan fingerprint density at radius 2 is 2.19 bits per heavy atom. The van der Waals surface area contributed by atoms with Crippen molar-refractivity contribution in [3.63, 3.8) is 0 Å². The molecular weight excluding hydrogens is 439 g/mol. The number of nitrogens with zero attached hydrogens (tertiary/aromatic N) is 3. The van der Waals surface area contributed by atoms with E-state index in [1.807, 2.05) is 0 Å². The third-order valence-corrected chi connectivity index (χ3v) is 6.22. The van der Waals surface area contributed by atoms with Gasteiger partial charge in [0, 0.05) is 30.8 Å². The second kappa shape index (κ2) is 8.46. The second-order valence-corrected chi connectivity index (χ2v) is 8.84. The van der Waals surface area contributed by atoms with Crippen molar-refractivity contribution in [2.45, 2.75) is 24.8 Å². The SMILES string of the molecule is COc1cc(-c2cc(F)cc(C)c2NC(=O)NS(=N)(=O)c2cnn3c2OCCC3)ccn1. The maximum absolute atomic E-state index is 14.2. The van der Waals surface area contributed by atoms with Crippen molar-refractivity contribution in [2.24, 2.45) is 0 Å². The summed E-state index contributed by atoms with van der Waals surface area (Å²) < 4.78 is 49.6. The fourth-order valence-corrected chi connectivity index (χ4v) is 4.42. The zero-order valence-electron chi connectivity index (χ0n) is 17.3. The van der Waals surface area contributed by atoms with Gasteiger partial charge in [-0.1, -0.05) is 0 Å². The van der Waals surface area contributed by atoms with E-state index in [4.69, 9.17) is 14.3 Å². The number of aromatic nitrogens is 3. The predicted molar refractivity (Wildman–Crippen MR) is 115 cm³/mol. The molecule has 168 valence electrons. The van der Waals surface area contributed by atoms with Gasteiger partial charge in [-0.3, -0.25) is 0 Å². The average Bonchev–Trinajstić information content (AvgIpc) is 3.20. The van der Waals surface area contributed by atoms with Crippen LogP contribution < -0.4 is 19.5 Å². The van der Waals surface area contributed by atoms with Crippen molar-refractivity contribution in [2.75, 3.05) is 19.0 Å². The van der Waals surface area contributed by atoms with E-state index in [0.717, 1.165) is 6.42 Å². The molecule has 0 saturated carbocycles. The zero-order chi connectivity index (χ0) is 22.9. The number of nitrogens with one attached hydrogen (secondary N) is 3. The van der Waals surface area contributed by atoms with E-state index in [2.05, 4.69) is 20.1 Å². The number of anilines is 1. The molecule has 12 heteroatoms. The molecule has 3 heterocycles. The largest absolute Gasteiger partial charge is 0.481 e. The third kappa shape index (κ3) is 4.21. The van der Waals surface area contributed by atoms with Gasteiger partial charge >= 0.3 is 6.03 Å². The molecule has 3 aromatic rings. The molecule has 3 N–H and O–H groups in total. The number of halogens is 1. The normalized spacial score (nSPS) is 14.6. The topological polar surface area (TPSA) is 131 Å². The Bertz CT molecular complexity index is 1290. The minimum Gasteiger partial charge on any atom is -0.481 e. The van der Waals surface area contributed by atoms with Crippen LogP contribution >= 0.6 is 0 Å². The molecule has 0 saturated heterocycles. The van der Waals surface area contributed by atoms with Gasteiger partial charge in [0.25, 0.3) is 0 Å². The smallest absolute Gasteiger partial charge is 0.331 e. The molecule has 1 unspecified atom stereocenters. The van der Waals surface area contributed by atoms with E-state index in [1.54, 1.807) is 19.1 Å². The van der Waals surface area contributed by atoms with Crippen LogP contribution in [0.5, 0.6) is 11.8 Å². The van der Waals surface area contributed by atoms with Gasteiger partial charge in [0.2, 0.25) is 11.8 Å². The minimum atomic E-state index is -3.76. The lowest BCUT2D eigenvalue weighted by Crippen LogP contribution is -2.34. The van der Waals surface area contributed by atoms with Crippen molar-refractivity contribution in [3.05, 3.63) is 48.0 Å². The van der Waals surface area contributed by atoms with E-state index >= 15 is 0 Å². The van der Waals surface area contributed by atoms with Gasteiger partial charge in [-0.05, 0) is 36.2 Å². The Balaban J connectivity index is 1.63. The fraction of sp³-hybridized carbons (Fsp3) is 0.250. The van der Waals surface area contributed by atoms with Gasteiger partial charge in [0.05, 0.1) is 25.6 Å². The number of carbonyl (C=O) groups is 1. The lowest BCUT2D eigenvalue weighted by atomic mass is 10.0. The molecule has 2 amide bonds. The van der Waals surface area contributed by atoms with E-state index in [0.29, 0.717) is 41.4 Å². The first-order valence-corrected chi connectivity index (χ1v) is 11.2. The predicted octanol–water partition coefficient (Wildman–Crippen LogP) is 3.33. The number of ether oxygens (including phenoxy) is 2. The molecule has 1 aliphatic heterocycles. The quantitative estimate of drug-likeness (QED) is 0.535. The van der Waals surface area contributed by atoms with Gasteiger partial charge < -0.3 is 14.8 Å². The summed E-state index contributed by atoms with van der Waals surface area (Å²) in [4.78, 5) is 16.7. The molecule has 0 fully saturated rings. The number of hydrogen-bond donors (Lipinski definition) is 3. The van der Waals surface area contributed by atoms with Gasteiger partial charge in [0.1, 0.15) is 10.7 Å². The summed E-state index contributed by atoms with van der Waals surface area (Å²) in [5.41, 5.74) is 1.66. The third-order valence-electron chi connectivity index (χ3n) is 4.85. The summed E-state index contributed by atoms with van der Waals surface area (Å²) in [5, 5.41) is 6.66. The van der Waals surface area contributed by atoms with Gasteiger partial charge in [-0.2, -0.15) is 5.10 Å². The number of aryl methyl sites for hydroxylation is 2. The van der Waals surface area contributed by atoms with Crippen LogP contribution in [0.4, 0.5) is 14.9 Å². The highest BCUT2D eigenvalue weighted by atomic mass is 32.2. The monoisotopic (exact) mass is 460 g/mol. The molecule has 1 aliphatic rings. The van der Waals surface area contributed by atoms with Crippen molar-refractivity contribution in [1.82, 2.24) is 19.5 Å². The van der Waals surface area contributed by atoms with Crippen LogP contribution in [0.1, 0.15) is 12.0 Å². The summed E-state index contributed by atoms with van der Waals surface area (Å²) in [6, 6.07) is 4.87. The van der Waals surface area contributed by atoms with Crippen LogP contribution in [0.3, 0.4) is 0 Å². The molecule has 4 rings (SSSR count). The van der Waals surface area contributed by atoms with Crippen molar-refractivity contribution < 1.29 is 22.9 Å². The number of fused-ring (bicyclic) bond motifs is 1. The van der Waals surface area contributed by atoms with E-state index in [-0.39, 0.29) is 10.8 Å². The lowest BCUT2D eigenvalue weighted by Gasteiger charge is -2.18. The molecule has 1 atom stereocenters. The van der Waals surface area contributed by atoms with Gasteiger partial charge in [-0.25, -0.2) is 32.6 Å². The molecule has 32 heavy (non-hydrogen) atoms. The van der Waals surface area contributed by atoms with Crippen LogP contribution in [0.15, 0.2) is 41.6 Å². The first-order chi connectivity index (χ1) is 15.3. The standard InChI is InChI=1S/C20H21FN6O4S/c1-12-8-14(21)10-15(13-4-5-23-17(9-13)30-2)18(12)25-20(28)26-32(22,29)16-11-24-27-6-3-7-31-19(16)27/h4-5,8-11H,3,6-7H2,1-2H3,(H3,22,25,26,28,29). The van der Waals surface area contributed by atoms with Crippen LogP contribution in [-0.2, 0) is 16.5 Å². The molecule has 0 radical (unpaired) electrons. The highest BCUT2D eigenvalue weighted by molar-refractivity contribution is 7.91. The minimum absolute atomic E-state index is 0.0118. The average molecular weight is 460 g/mol. The van der Waals surface area contributed by atoms with Crippen LogP contribution in [0.25, 0.3) is 11.1 Å². The molecule has 1 aromatic carbocycles. The van der Waals surface area contributed by atoms with Crippen molar-refractivity contribution in [1.29, 1.82) is 4.78 Å². The van der Waals surface area contributed by atoms with E-state index < -0.39 is 21.8 Å². The van der Waals surface area contributed by atoms with E-state index in [1.165, 1.54) is 36.3 Å². The molecular formula is C20H21FN6O4S. The summed E-state index contributed by atoms with van der Waals surface area (Å²) in [7, 11) is -2.30. The van der Waals surface area contributed by atoms with Crippen LogP contribution in [0.2, 0.25) is 0 Å². The first-order valence-electron chi connectivity index (χ1n) is 9.65. The summed E-state index contributed by atoms with van der Waals surface area (Å²) in [6.07, 6.45) is 3.50. The number of rotatable bonds is 5. The lowest BCUT2D eigenvalue weighted by molar-refractivity contribution is 0.224. The summed E-state index contributed by atoms with van der Waals surface area (Å²) in [5.74, 6) is 0.0336. The number of hydrogen-bond acceptors (Lipinski definition) is 7. The maximum atomic E-state index is 14.2. The Labute approximate surface area is 183 Å². The number of pyridine rings is 1. The maximum Gasteiger partial charge on any atom is 0.331 e. The van der Waals surface area contributed by atoms with Crippen LogP contribution in [-0.4, -0.2) is 38.7 Å². The molecule has 0 aliphatic carbocycles. The van der Waals surface area contributed by atoms with Gasteiger partial charge in [-0.15, -0.1) is 0 Å². The van der Waals surface area contributed by atoms with Crippen molar-refractivity contribution >= 4 is 21.6 Å². The second-order valence-electron chi connectivity index (χ2n) is 7.08. The molecule has 0 spiro atoms. The Kier molecular flexibility index (Phi) is 5.70. The molecule has 2 aromatic heterocycles.